The van der Waals surface area contributed by atoms with Gasteiger partial charge in [-0.15, -0.1) is 0 Å². The van der Waals surface area contributed by atoms with Gasteiger partial charge in [0.2, 0.25) is 5.91 Å². The molecule has 0 heterocycles. The molecule has 2 N–H and O–H groups in total. The monoisotopic (exact) mass is 552 g/mol. The molecule has 0 bridgehead atoms. The normalized spacial score (nSPS) is 11.6. The van der Waals surface area contributed by atoms with Crippen LogP contribution in [0.25, 0.3) is 0 Å². The maximum Gasteiger partial charge on any atom is 0.220 e. The number of carbonyl (C=O) groups is 1. The Hall–Kier alpha value is -0.890. The highest BCUT2D eigenvalue weighted by molar-refractivity contribution is 5.75. The van der Waals surface area contributed by atoms with E-state index < -0.39 is 0 Å². The molecule has 0 aromatic carbocycles. The molecule has 1 amide bonds. The summed E-state index contributed by atoms with van der Waals surface area (Å²) < 4.78 is 43.6. The minimum absolute atomic E-state index is 0.0814. The molecule has 11 nitrogen and oxygen atoms in total. The number of nitrogens with one attached hydrogen (secondary N) is 2. The van der Waals surface area contributed by atoms with Crippen molar-refractivity contribution in [2.24, 2.45) is 5.92 Å². The summed E-state index contributed by atoms with van der Waals surface area (Å²) in [5.74, 6) is 0.621. The maximum absolute atomic E-state index is 11.6. The van der Waals surface area contributed by atoms with Crippen LogP contribution < -0.4 is 10.6 Å². The van der Waals surface area contributed by atoms with E-state index in [0.29, 0.717) is 131 Å². The quantitative estimate of drug-likeness (QED) is 0.123. The highest BCUT2D eigenvalue weighted by Crippen LogP contribution is 2.02. The molecular formula is C27H56N2O9. The van der Waals surface area contributed by atoms with E-state index in [9.17, 15) is 4.79 Å². The summed E-state index contributed by atoms with van der Waals surface area (Å²) in [6.07, 6.45) is 1.48. The van der Waals surface area contributed by atoms with Crippen LogP contribution in [-0.2, 0) is 42.7 Å². The molecule has 0 aromatic rings. The van der Waals surface area contributed by atoms with Gasteiger partial charge < -0.3 is 48.5 Å². The minimum Gasteiger partial charge on any atom is -0.378 e. The van der Waals surface area contributed by atoms with Crippen molar-refractivity contribution in [3.63, 3.8) is 0 Å². The molecule has 0 radical (unpaired) electrons. The largest absolute Gasteiger partial charge is 0.378 e. The number of rotatable bonds is 31. The number of hydrogen-bond donors (Lipinski definition) is 2. The van der Waals surface area contributed by atoms with Crippen molar-refractivity contribution >= 4 is 5.91 Å². The van der Waals surface area contributed by atoms with E-state index in [0.717, 1.165) is 13.0 Å². The zero-order valence-electron chi connectivity index (χ0n) is 24.5. The van der Waals surface area contributed by atoms with E-state index in [1.54, 1.807) is 0 Å². The standard InChI is InChI=1S/C27H56N2O9/c1-25(2)5-6-27(30)29-8-10-32-12-14-34-16-18-36-20-22-38-24-23-37-21-19-35-17-15-33-13-11-31-9-7-28-26(3)4/h25-26,28H,5-24H2,1-4H3,(H,29,30). The van der Waals surface area contributed by atoms with Crippen LogP contribution in [0.3, 0.4) is 0 Å². The van der Waals surface area contributed by atoms with Crippen LogP contribution in [0, 0.1) is 5.92 Å². The lowest BCUT2D eigenvalue weighted by Crippen LogP contribution is -2.27. The Kier molecular flexibility index (Phi) is 29.9. The molecule has 0 saturated carbocycles. The van der Waals surface area contributed by atoms with Crippen LogP contribution in [0.2, 0.25) is 0 Å². The Morgan fingerprint density at radius 2 is 0.816 bits per heavy atom. The van der Waals surface area contributed by atoms with Gasteiger partial charge in [-0.3, -0.25) is 4.79 Å². The van der Waals surface area contributed by atoms with Gasteiger partial charge in [-0.2, -0.15) is 0 Å². The van der Waals surface area contributed by atoms with Gasteiger partial charge in [0, 0.05) is 25.6 Å². The highest BCUT2D eigenvalue weighted by atomic mass is 16.6. The lowest BCUT2D eigenvalue weighted by Gasteiger charge is -2.09. The Morgan fingerprint density at radius 1 is 0.500 bits per heavy atom. The molecule has 0 atom stereocenters. The second-order valence-electron chi connectivity index (χ2n) is 9.29. The molecule has 0 aliphatic heterocycles. The first-order valence-electron chi connectivity index (χ1n) is 14.1. The van der Waals surface area contributed by atoms with Gasteiger partial charge in [0.15, 0.2) is 0 Å². The Bertz CT molecular complexity index is 485. The van der Waals surface area contributed by atoms with E-state index in [2.05, 4.69) is 38.3 Å². The third-order valence-corrected chi connectivity index (χ3v) is 4.92. The van der Waals surface area contributed by atoms with Crippen molar-refractivity contribution in [3.8, 4) is 0 Å². The molecule has 0 saturated heterocycles. The summed E-state index contributed by atoms with van der Waals surface area (Å²) in [6.45, 7) is 18.4. The van der Waals surface area contributed by atoms with Crippen molar-refractivity contribution in [2.75, 3.05) is 119 Å². The van der Waals surface area contributed by atoms with Crippen molar-refractivity contribution in [2.45, 2.75) is 46.6 Å². The first-order chi connectivity index (χ1) is 18.5. The fourth-order valence-corrected chi connectivity index (χ4v) is 2.83. The SMILES string of the molecule is CC(C)CCC(=O)NCCOCCOCCOCCOCCOCCOCCOCCOCCNC(C)C. The van der Waals surface area contributed by atoms with Gasteiger partial charge in [0.25, 0.3) is 0 Å². The molecule has 0 aliphatic carbocycles. The Labute approximate surface area is 230 Å². The topological polar surface area (TPSA) is 115 Å². The lowest BCUT2D eigenvalue weighted by molar-refractivity contribution is -0.121. The number of carbonyl (C=O) groups excluding carboxylic acids is 1. The molecule has 0 aromatic heterocycles. The Morgan fingerprint density at radius 3 is 1.13 bits per heavy atom. The fourth-order valence-electron chi connectivity index (χ4n) is 2.83. The van der Waals surface area contributed by atoms with Crippen molar-refractivity contribution < 1.29 is 42.7 Å². The highest BCUT2D eigenvalue weighted by Gasteiger charge is 2.02. The van der Waals surface area contributed by atoms with Crippen LogP contribution in [0.4, 0.5) is 0 Å². The second kappa shape index (κ2) is 30.6. The molecule has 0 unspecified atom stereocenters. The van der Waals surface area contributed by atoms with E-state index in [4.69, 9.17) is 37.9 Å². The first-order valence-corrected chi connectivity index (χ1v) is 14.1. The van der Waals surface area contributed by atoms with Gasteiger partial charge in [-0.05, 0) is 12.3 Å². The zero-order chi connectivity index (χ0) is 27.9. The van der Waals surface area contributed by atoms with Crippen molar-refractivity contribution in [1.29, 1.82) is 0 Å². The Balaban J connectivity index is 3.08. The number of ether oxygens (including phenoxy) is 8. The predicted molar refractivity (Wildman–Crippen MR) is 147 cm³/mol. The molecular weight excluding hydrogens is 496 g/mol. The third-order valence-electron chi connectivity index (χ3n) is 4.92. The fraction of sp³-hybridized carbons (Fsp3) is 0.963. The number of amides is 1. The minimum atomic E-state index is 0.0814. The smallest absolute Gasteiger partial charge is 0.220 e. The van der Waals surface area contributed by atoms with Gasteiger partial charge in [-0.1, -0.05) is 27.7 Å². The van der Waals surface area contributed by atoms with Crippen LogP contribution in [-0.4, -0.2) is 131 Å². The summed E-state index contributed by atoms with van der Waals surface area (Å²) in [5.41, 5.74) is 0. The molecule has 0 aliphatic rings. The molecule has 0 fully saturated rings. The van der Waals surface area contributed by atoms with E-state index >= 15 is 0 Å². The van der Waals surface area contributed by atoms with E-state index in [1.807, 2.05) is 0 Å². The van der Waals surface area contributed by atoms with Gasteiger partial charge in [0.05, 0.1) is 106 Å². The summed E-state index contributed by atoms with van der Waals surface area (Å²) in [4.78, 5) is 11.6. The van der Waals surface area contributed by atoms with Crippen LogP contribution in [0.5, 0.6) is 0 Å². The predicted octanol–water partition coefficient (Wildman–Crippen LogP) is 1.67. The second-order valence-corrected chi connectivity index (χ2v) is 9.29. The van der Waals surface area contributed by atoms with Crippen LogP contribution in [0.1, 0.15) is 40.5 Å². The summed E-state index contributed by atoms with van der Waals surface area (Å²) in [6, 6.07) is 0.483. The molecule has 0 spiro atoms. The van der Waals surface area contributed by atoms with Crippen molar-refractivity contribution in [3.05, 3.63) is 0 Å². The maximum atomic E-state index is 11.6. The molecule has 0 rings (SSSR count). The van der Waals surface area contributed by atoms with Crippen LogP contribution >= 0.6 is 0 Å². The van der Waals surface area contributed by atoms with Crippen LogP contribution in [0.15, 0.2) is 0 Å². The van der Waals surface area contributed by atoms with Gasteiger partial charge in [0.1, 0.15) is 0 Å². The summed E-state index contributed by atoms with van der Waals surface area (Å²) in [5, 5.41) is 6.14. The zero-order valence-corrected chi connectivity index (χ0v) is 24.5. The third kappa shape index (κ3) is 33.1. The van der Waals surface area contributed by atoms with Crippen molar-refractivity contribution in [1.82, 2.24) is 10.6 Å². The van der Waals surface area contributed by atoms with Gasteiger partial charge >= 0.3 is 0 Å². The molecule has 228 valence electrons. The molecule has 11 heteroatoms. The average Bonchev–Trinajstić information content (AvgIpc) is 2.88. The van der Waals surface area contributed by atoms with Gasteiger partial charge in [-0.25, -0.2) is 0 Å². The first kappa shape index (κ1) is 37.1. The summed E-state index contributed by atoms with van der Waals surface area (Å²) >= 11 is 0. The van der Waals surface area contributed by atoms with E-state index in [-0.39, 0.29) is 5.91 Å². The summed E-state index contributed by atoms with van der Waals surface area (Å²) in [7, 11) is 0. The average molecular weight is 553 g/mol. The molecule has 38 heavy (non-hydrogen) atoms. The number of hydrogen-bond acceptors (Lipinski definition) is 10. The van der Waals surface area contributed by atoms with E-state index in [1.165, 1.54) is 0 Å². The lowest BCUT2D eigenvalue weighted by atomic mass is 10.1.